The van der Waals surface area contributed by atoms with Crippen LogP contribution in [0.3, 0.4) is 0 Å². The van der Waals surface area contributed by atoms with Gasteiger partial charge in [0.1, 0.15) is 11.0 Å². The Hall–Kier alpha value is -2.16. The van der Waals surface area contributed by atoms with Crippen LogP contribution in [0, 0.1) is 4.91 Å². The summed E-state index contributed by atoms with van der Waals surface area (Å²) in [6.45, 7) is 0. The molecule has 16 heavy (non-hydrogen) atoms. The van der Waals surface area contributed by atoms with E-state index in [0.29, 0.717) is 11.0 Å². The minimum Gasteiger partial charge on any atom is -0.333 e. The van der Waals surface area contributed by atoms with E-state index in [1.807, 2.05) is 60.1 Å². The van der Waals surface area contributed by atoms with Gasteiger partial charge in [-0.25, -0.2) is 0 Å². The van der Waals surface area contributed by atoms with Crippen LogP contribution in [-0.4, -0.2) is 4.57 Å². The van der Waals surface area contributed by atoms with E-state index in [4.69, 9.17) is 0 Å². The number of aromatic nitrogens is 2. The number of fused-ring (bicyclic) bond motifs is 2. The maximum absolute atomic E-state index is 12.1. The second kappa shape index (κ2) is 3.17. The molecule has 0 amide bonds. The van der Waals surface area contributed by atoms with E-state index < -0.39 is 0 Å². The standard InChI is InChI=1S/C13H11N2O/c1-14-10-6-2-4-8-12(10)15(16)13-9-5-3-7-11(13)14/h2-9H,1H3/q+1. The average molecular weight is 211 g/mol. The molecule has 0 radical (unpaired) electrons. The Bertz CT molecular complexity index is 684. The van der Waals surface area contributed by atoms with E-state index in [9.17, 15) is 4.91 Å². The largest absolute Gasteiger partial charge is 0.333 e. The molecule has 1 aromatic heterocycles. The Labute approximate surface area is 92.2 Å². The highest BCUT2D eigenvalue weighted by molar-refractivity contribution is 5.82. The van der Waals surface area contributed by atoms with Gasteiger partial charge in [-0.05, 0) is 12.1 Å². The molecule has 0 unspecified atom stereocenters. The van der Waals surface area contributed by atoms with Gasteiger partial charge in [0.05, 0.1) is 4.43 Å². The van der Waals surface area contributed by atoms with Crippen molar-refractivity contribution in [2.24, 2.45) is 7.05 Å². The number of hydrogen-bond acceptors (Lipinski definition) is 1. The first-order valence-corrected chi connectivity index (χ1v) is 5.18. The lowest BCUT2D eigenvalue weighted by Crippen LogP contribution is -2.19. The molecule has 3 heteroatoms. The van der Waals surface area contributed by atoms with Crippen LogP contribution in [-0.2, 0) is 7.05 Å². The van der Waals surface area contributed by atoms with Crippen LogP contribution in [0.2, 0.25) is 0 Å². The molecule has 0 aliphatic heterocycles. The van der Waals surface area contributed by atoms with E-state index in [-0.39, 0.29) is 0 Å². The molecule has 0 saturated carbocycles. The second-order valence-corrected chi connectivity index (χ2v) is 3.83. The van der Waals surface area contributed by atoms with Crippen LogP contribution in [0.25, 0.3) is 22.1 Å². The fourth-order valence-electron chi connectivity index (χ4n) is 2.10. The van der Waals surface area contributed by atoms with Crippen LogP contribution in [0.15, 0.2) is 48.5 Å². The second-order valence-electron chi connectivity index (χ2n) is 3.83. The third kappa shape index (κ3) is 1.08. The van der Waals surface area contributed by atoms with E-state index >= 15 is 0 Å². The summed E-state index contributed by atoms with van der Waals surface area (Å²) in [4.78, 5) is 12.1. The Morgan fingerprint density at radius 3 is 1.81 bits per heavy atom. The van der Waals surface area contributed by atoms with Gasteiger partial charge < -0.3 is 4.57 Å². The van der Waals surface area contributed by atoms with Crippen molar-refractivity contribution in [3.05, 3.63) is 53.4 Å². The molecule has 0 spiro atoms. The Kier molecular flexibility index (Phi) is 1.80. The first-order chi connectivity index (χ1) is 7.79. The molecule has 0 N–H and O–H groups in total. The SMILES string of the molecule is Cn1c2ccccc2[n+](=O)c2ccccc21. The molecular formula is C13H11N2O+. The summed E-state index contributed by atoms with van der Waals surface area (Å²) >= 11 is 0. The highest BCUT2D eigenvalue weighted by Crippen LogP contribution is 2.15. The van der Waals surface area contributed by atoms with Crippen LogP contribution in [0.5, 0.6) is 0 Å². The molecule has 0 bridgehead atoms. The molecule has 0 atom stereocenters. The van der Waals surface area contributed by atoms with Crippen molar-refractivity contribution < 1.29 is 4.43 Å². The number of benzene rings is 2. The van der Waals surface area contributed by atoms with Gasteiger partial charge in [-0.15, -0.1) is 0 Å². The summed E-state index contributed by atoms with van der Waals surface area (Å²) in [6.07, 6.45) is 0. The minimum absolute atomic E-state index is 0.698. The quantitative estimate of drug-likeness (QED) is 0.414. The fourth-order valence-corrected chi connectivity index (χ4v) is 2.10. The normalized spacial score (nSPS) is 11.1. The first kappa shape index (κ1) is 9.09. The molecule has 0 saturated heterocycles. The molecule has 1 heterocycles. The number of rotatable bonds is 0. The van der Waals surface area contributed by atoms with Crippen molar-refractivity contribution >= 4 is 22.1 Å². The van der Waals surface area contributed by atoms with Gasteiger partial charge in [0.15, 0.2) is 0 Å². The van der Waals surface area contributed by atoms with Crippen molar-refractivity contribution in [1.82, 2.24) is 4.57 Å². The smallest absolute Gasteiger partial charge is 0.287 e. The van der Waals surface area contributed by atoms with Gasteiger partial charge in [-0.3, -0.25) is 0 Å². The number of aryl methyl sites for hydroxylation is 1. The molecular weight excluding hydrogens is 200 g/mol. The van der Waals surface area contributed by atoms with E-state index in [1.165, 1.54) is 0 Å². The summed E-state index contributed by atoms with van der Waals surface area (Å²) in [6, 6.07) is 15.2. The van der Waals surface area contributed by atoms with Crippen LogP contribution >= 0.6 is 0 Å². The molecule has 0 aliphatic rings. The average Bonchev–Trinajstić information content (AvgIpc) is 2.36. The lowest BCUT2D eigenvalue weighted by Gasteiger charge is -2.03. The summed E-state index contributed by atoms with van der Waals surface area (Å²) in [7, 11) is 1.98. The zero-order valence-corrected chi connectivity index (χ0v) is 8.92. The topological polar surface area (TPSA) is 27.9 Å². The summed E-state index contributed by atoms with van der Waals surface area (Å²) in [5, 5.41) is 0. The van der Waals surface area contributed by atoms with Crippen molar-refractivity contribution in [3.63, 3.8) is 0 Å². The summed E-state index contributed by atoms with van der Waals surface area (Å²) in [5.41, 5.74) is 3.28. The highest BCUT2D eigenvalue weighted by atomic mass is 16.3. The van der Waals surface area contributed by atoms with Gasteiger partial charge in [0, 0.05) is 24.1 Å². The minimum atomic E-state index is 0.698. The summed E-state index contributed by atoms with van der Waals surface area (Å²) < 4.78 is 3.03. The van der Waals surface area contributed by atoms with E-state index in [1.54, 1.807) is 0 Å². The lowest BCUT2D eigenvalue weighted by atomic mass is 10.2. The van der Waals surface area contributed by atoms with Crippen LogP contribution < -0.4 is 4.43 Å². The van der Waals surface area contributed by atoms with E-state index in [2.05, 4.69) is 0 Å². The number of para-hydroxylation sites is 4. The monoisotopic (exact) mass is 211 g/mol. The highest BCUT2D eigenvalue weighted by Gasteiger charge is 2.14. The Balaban J connectivity index is 2.73. The number of hydrogen-bond donors (Lipinski definition) is 0. The Morgan fingerprint density at radius 1 is 0.875 bits per heavy atom. The zero-order valence-electron chi connectivity index (χ0n) is 8.92. The van der Waals surface area contributed by atoms with Gasteiger partial charge in [0.25, 0.3) is 11.0 Å². The Morgan fingerprint density at radius 2 is 1.31 bits per heavy atom. The predicted molar refractivity (Wildman–Crippen MR) is 63.8 cm³/mol. The maximum atomic E-state index is 12.1. The van der Waals surface area contributed by atoms with Gasteiger partial charge in [0.2, 0.25) is 0 Å². The fraction of sp³-hybridized carbons (Fsp3) is 0.0769. The molecule has 0 aliphatic carbocycles. The molecule has 3 aromatic rings. The third-order valence-electron chi connectivity index (χ3n) is 2.92. The number of nitrogens with zero attached hydrogens (tertiary/aromatic N) is 2. The maximum Gasteiger partial charge on any atom is 0.287 e. The third-order valence-corrected chi connectivity index (χ3v) is 2.92. The lowest BCUT2D eigenvalue weighted by molar-refractivity contribution is -0.432. The van der Waals surface area contributed by atoms with E-state index in [0.717, 1.165) is 15.5 Å². The van der Waals surface area contributed by atoms with Crippen LogP contribution in [0.1, 0.15) is 0 Å². The first-order valence-electron chi connectivity index (χ1n) is 5.18. The van der Waals surface area contributed by atoms with Crippen molar-refractivity contribution in [1.29, 1.82) is 0 Å². The molecule has 2 aromatic carbocycles. The van der Waals surface area contributed by atoms with Crippen molar-refractivity contribution in [2.45, 2.75) is 0 Å². The van der Waals surface area contributed by atoms with Crippen molar-refractivity contribution in [2.75, 3.05) is 0 Å². The zero-order chi connectivity index (χ0) is 11.1. The molecule has 3 rings (SSSR count). The molecule has 78 valence electrons. The van der Waals surface area contributed by atoms with Gasteiger partial charge in [-0.1, -0.05) is 24.3 Å². The van der Waals surface area contributed by atoms with Gasteiger partial charge >= 0.3 is 0 Å². The van der Waals surface area contributed by atoms with Crippen molar-refractivity contribution in [3.8, 4) is 0 Å². The van der Waals surface area contributed by atoms with Crippen LogP contribution in [0.4, 0.5) is 0 Å². The summed E-state index contributed by atoms with van der Waals surface area (Å²) in [5.74, 6) is 0. The van der Waals surface area contributed by atoms with Gasteiger partial charge in [-0.2, -0.15) is 0 Å². The predicted octanol–water partition coefficient (Wildman–Crippen LogP) is 2.25. The molecule has 3 nitrogen and oxygen atoms in total. The molecule has 0 fully saturated rings.